The Balaban J connectivity index is 2.29. The topological polar surface area (TPSA) is 90.7 Å². The van der Waals surface area contributed by atoms with Gasteiger partial charge in [0.05, 0.1) is 5.69 Å². The number of hydrogen-bond acceptors (Lipinski definition) is 4. The van der Waals surface area contributed by atoms with Crippen molar-refractivity contribution in [3.05, 3.63) is 54.1 Å². The first kappa shape index (κ1) is 12.9. The van der Waals surface area contributed by atoms with E-state index in [1.807, 2.05) is 0 Å². The normalized spacial score (nSPS) is 10.7. The second kappa shape index (κ2) is 4.79. The van der Waals surface area contributed by atoms with Gasteiger partial charge in [-0.15, -0.1) is 0 Å². The van der Waals surface area contributed by atoms with Gasteiger partial charge in [-0.25, -0.2) is 9.78 Å². The lowest BCUT2D eigenvalue weighted by atomic mass is 10.0. The van der Waals surface area contributed by atoms with E-state index in [9.17, 15) is 20.1 Å². The number of carboxylic acid groups (broad SMARTS) is 1. The Morgan fingerprint density at radius 1 is 0.905 bits per heavy atom. The number of rotatable bonds is 2. The highest BCUT2D eigenvalue weighted by atomic mass is 16.4. The molecule has 3 aromatic rings. The van der Waals surface area contributed by atoms with E-state index in [4.69, 9.17) is 0 Å². The van der Waals surface area contributed by atoms with Crippen molar-refractivity contribution >= 4 is 16.9 Å². The number of fused-ring (bicyclic) bond motifs is 1. The Morgan fingerprint density at radius 3 is 2.38 bits per heavy atom. The van der Waals surface area contributed by atoms with Gasteiger partial charge in [0.2, 0.25) is 0 Å². The number of phenols is 2. The highest BCUT2D eigenvalue weighted by Crippen LogP contribution is 2.31. The third-order valence-corrected chi connectivity index (χ3v) is 3.23. The number of nitrogens with zero attached hydrogens (tertiary/aromatic N) is 1. The van der Waals surface area contributed by atoms with Crippen molar-refractivity contribution < 1.29 is 20.1 Å². The monoisotopic (exact) mass is 281 g/mol. The molecule has 104 valence electrons. The van der Waals surface area contributed by atoms with E-state index in [1.54, 1.807) is 36.4 Å². The van der Waals surface area contributed by atoms with E-state index in [-0.39, 0.29) is 17.1 Å². The molecule has 0 amide bonds. The van der Waals surface area contributed by atoms with Crippen LogP contribution in [0.4, 0.5) is 0 Å². The fourth-order valence-corrected chi connectivity index (χ4v) is 2.26. The molecule has 0 fully saturated rings. The van der Waals surface area contributed by atoms with Crippen molar-refractivity contribution in [2.45, 2.75) is 0 Å². The number of benzene rings is 2. The molecule has 3 N–H and O–H groups in total. The van der Waals surface area contributed by atoms with Crippen LogP contribution < -0.4 is 0 Å². The Kier molecular flexibility index (Phi) is 2.95. The average Bonchev–Trinajstić information content (AvgIpc) is 2.46. The zero-order valence-corrected chi connectivity index (χ0v) is 10.8. The molecule has 21 heavy (non-hydrogen) atoms. The third-order valence-electron chi connectivity index (χ3n) is 3.23. The summed E-state index contributed by atoms with van der Waals surface area (Å²) in [6, 6.07) is 12.8. The number of aromatic carboxylic acids is 1. The molecule has 0 bridgehead atoms. The Hall–Kier alpha value is -3.08. The van der Waals surface area contributed by atoms with Crippen LogP contribution in [0.15, 0.2) is 48.5 Å². The van der Waals surface area contributed by atoms with Crippen LogP contribution in [-0.4, -0.2) is 26.3 Å². The summed E-state index contributed by atoms with van der Waals surface area (Å²) in [6.45, 7) is 0. The molecule has 0 aliphatic rings. The van der Waals surface area contributed by atoms with Crippen LogP contribution in [0.2, 0.25) is 0 Å². The number of aromatic nitrogens is 1. The van der Waals surface area contributed by atoms with Crippen LogP contribution in [0.5, 0.6) is 11.5 Å². The van der Waals surface area contributed by atoms with Gasteiger partial charge >= 0.3 is 5.97 Å². The number of phenolic OH excluding ortho intramolecular Hbond substituents is 1. The fraction of sp³-hybridized carbons (Fsp3) is 0. The predicted octanol–water partition coefficient (Wildman–Crippen LogP) is 3.01. The smallest absolute Gasteiger partial charge is 0.340 e. The Morgan fingerprint density at radius 2 is 1.62 bits per heavy atom. The summed E-state index contributed by atoms with van der Waals surface area (Å²) in [4.78, 5) is 15.6. The number of carboxylic acids is 1. The molecule has 1 heterocycles. The van der Waals surface area contributed by atoms with Gasteiger partial charge in [0.25, 0.3) is 0 Å². The maximum absolute atomic E-state index is 11.3. The van der Waals surface area contributed by atoms with Gasteiger partial charge in [-0.2, -0.15) is 0 Å². The molecule has 5 heteroatoms. The van der Waals surface area contributed by atoms with E-state index in [0.29, 0.717) is 16.8 Å². The maximum atomic E-state index is 11.3. The van der Waals surface area contributed by atoms with Gasteiger partial charge < -0.3 is 15.3 Å². The van der Waals surface area contributed by atoms with E-state index in [2.05, 4.69) is 4.98 Å². The van der Waals surface area contributed by atoms with Crippen LogP contribution in [-0.2, 0) is 0 Å². The molecule has 1 aromatic heterocycles. The van der Waals surface area contributed by atoms with Crippen molar-refractivity contribution in [1.82, 2.24) is 4.98 Å². The molecule has 0 aliphatic heterocycles. The van der Waals surface area contributed by atoms with Gasteiger partial charge in [-0.1, -0.05) is 30.3 Å². The van der Waals surface area contributed by atoms with Crippen LogP contribution in [0.1, 0.15) is 10.4 Å². The van der Waals surface area contributed by atoms with Crippen molar-refractivity contribution in [3.8, 4) is 22.8 Å². The van der Waals surface area contributed by atoms with Crippen LogP contribution in [0, 0.1) is 0 Å². The minimum absolute atomic E-state index is 0.0198. The summed E-state index contributed by atoms with van der Waals surface area (Å²) in [5, 5.41) is 29.6. The lowest BCUT2D eigenvalue weighted by Gasteiger charge is -2.09. The lowest BCUT2D eigenvalue weighted by molar-refractivity contribution is 0.0694. The molecule has 0 unspecified atom stereocenters. The highest BCUT2D eigenvalue weighted by Gasteiger charge is 2.17. The quantitative estimate of drug-likeness (QED) is 0.671. The summed E-state index contributed by atoms with van der Waals surface area (Å²) in [6.07, 6.45) is 0. The average molecular weight is 281 g/mol. The second-order valence-electron chi connectivity index (χ2n) is 4.55. The maximum Gasteiger partial charge on any atom is 0.340 e. The zero-order chi connectivity index (χ0) is 15.0. The molecule has 3 rings (SSSR count). The predicted molar refractivity (Wildman–Crippen MR) is 77.5 cm³/mol. The minimum Gasteiger partial charge on any atom is -0.507 e. The van der Waals surface area contributed by atoms with Crippen LogP contribution in [0.25, 0.3) is 22.2 Å². The first-order valence-electron chi connectivity index (χ1n) is 6.22. The highest BCUT2D eigenvalue weighted by molar-refractivity contribution is 5.99. The number of hydrogen-bond donors (Lipinski definition) is 3. The number of carbonyl (C=O) groups is 1. The molecule has 0 radical (unpaired) electrons. The van der Waals surface area contributed by atoms with E-state index in [0.717, 1.165) is 5.39 Å². The standard InChI is InChI=1S/C16H11NO4/c18-12-5-2-4-10(14(12)16(20)21)11-8-7-9-3-1-6-13(19)15(9)17-11/h1-8,18-19H,(H,20,21). The number of pyridine rings is 1. The number of para-hydroxylation sites is 1. The van der Waals surface area contributed by atoms with E-state index < -0.39 is 5.97 Å². The molecule has 0 saturated heterocycles. The van der Waals surface area contributed by atoms with Crippen molar-refractivity contribution in [3.63, 3.8) is 0 Å². The van der Waals surface area contributed by atoms with Crippen LogP contribution in [0.3, 0.4) is 0 Å². The molecular formula is C16H11NO4. The van der Waals surface area contributed by atoms with Gasteiger partial charge in [0, 0.05) is 10.9 Å². The lowest BCUT2D eigenvalue weighted by Crippen LogP contribution is -2.01. The third kappa shape index (κ3) is 2.14. The second-order valence-corrected chi connectivity index (χ2v) is 4.55. The Bertz CT molecular complexity index is 858. The molecule has 0 spiro atoms. The molecule has 0 atom stereocenters. The van der Waals surface area contributed by atoms with Gasteiger partial charge in [0.15, 0.2) is 0 Å². The van der Waals surface area contributed by atoms with Gasteiger partial charge in [-0.3, -0.25) is 0 Å². The van der Waals surface area contributed by atoms with Gasteiger partial charge in [0.1, 0.15) is 22.6 Å². The molecule has 2 aromatic carbocycles. The molecular weight excluding hydrogens is 270 g/mol. The first-order valence-corrected chi connectivity index (χ1v) is 6.22. The summed E-state index contributed by atoms with van der Waals surface area (Å²) >= 11 is 0. The summed E-state index contributed by atoms with van der Waals surface area (Å²) in [5.41, 5.74) is 0.847. The van der Waals surface area contributed by atoms with E-state index >= 15 is 0 Å². The first-order chi connectivity index (χ1) is 10.1. The summed E-state index contributed by atoms with van der Waals surface area (Å²) in [7, 11) is 0. The largest absolute Gasteiger partial charge is 0.507 e. The summed E-state index contributed by atoms with van der Waals surface area (Å²) < 4.78 is 0. The summed E-state index contributed by atoms with van der Waals surface area (Å²) in [5.74, 6) is -1.53. The van der Waals surface area contributed by atoms with Crippen molar-refractivity contribution in [1.29, 1.82) is 0 Å². The molecule has 0 saturated carbocycles. The molecule has 0 aliphatic carbocycles. The zero-order valence-electron chi connectivity index (χ0n) is 10.8. The van der Waals surface area contributed by atoms with Crippen molar-refractivity contribution in [2.75, 3.05) is 0 Å². The minimum atomic E-state index is -1.23. The Labute approximate surface area is 119 Å². The SMILES string of the molecule is O=C(O)c1c(O)cccc1-c1ccc2cccc(O)c2n1. The molecule has 5 nitrogen and oxygen atoms in total. The van der Waals surface area contributed by atoms with E-state index in [1.165, 1.54) is 12.1 Å². The van der Waals surface area contributed by atoms with Gasteiger partial charge in [-0.05, 0) is 18.2 Å². The fourth-order valence-electron chi connectivity index (χ4n) is 2.26. The number of aromatic hydroxyl groups is 2. The van der Waals surface area contributed by atoms with Crippen LogP contribution >= 0.6 is 0 Å². The van der Waals surface area contributed by atoms with Crippen molar-refractivity contribution in [2.24, 2.45) is 0 Å².